The lowest BCUT2D eigenvalue weighted by molar-refractivity contribution is 0.100. The Morgan fingerprint density at radius 3 is 2.67 bits per heavy atom. The van der Waals surface area contributed by atoms with Gasteiger partial charge in [0.15, 0.2) is 23.6 Å². The predicted octanol–water partition coefficient (Wildman–Crippen LogP) is 4.45. The number of halogens is 1. The SMILES string of the molecule is CC(=O)c1cccc(NC(=O)c2ncoc2-c2cccc(Cl)c2)c1. The number of rotatable bonds is 4. The van der Waals surface area contributed by atoms with Crippen LogP contribution in [0.3, 0.4) is 0 Å². The van der Waals surface area contributed by atoms with Crippen molar-refractivity contribution < 1.29 is 14.0 Å². The number of carbonyl (C=O) groups excluding carboxylic acids is 2. The van der Waals surface area contributed by atoms with E-state index in [1.807, 2.05) is 0 Å². The van der Waals surface area contributed by atoms with Gasteiger partial charge >= 0.3 is 0 Å². The number of oxazole rings is 1. The van der Waals surface area contributed by atoms with Gasteiger partial charge in [-0.05, 0) is 31.2 Å². The fourth-order valence-electron chi connectivity index (χ4n) is 2.25. The quantitative estimate of drug-likeness (QED) is 0.712. The Kier molecular flexibility index (Phi) is 4.44. The lowest BCUT2D eigenvalue weighted by Crippen LogP contribution is -2.13. The van der Waals surface area contributed by atoms with Crippen LogP contribution in [0.1, 0.15) is 27.8 Å². The van der Waals surface area contributed by atoms with Gasteiger partial charge in [0.2, 0.25) is 0 Å². The summed E-state index contributed by atoms with van der Waals surface area (Å²) >= 11 is 5.98. The van der Waals surface area contributed by atoms with Gasteiger partial charge < -0.3 is 9.73 Å². The van der Waals surface area contributed by atoms with Crippen LogP contribution < -0.4 is 5.32 Å². The summed E-state index contributed by atoms with van der Waals surface area (Å²) < 4.78 is 5.34. The highest BCUT2D eigenvalue weighted by Crippen LogP contribution is 2.26. The Morgan fingerprint density at radius 2 is 1.92 bits per heavy atom. The van der Waals surface area contributed by atoms with E-state index >= 15 is 0 Å². The molecule has 5 nitrogen and oxygen atoms in total. The van der Waals surface area contributed by atoms with E-state index in [4.69, 9.17) is 16.0 Å². The van der Waals surface area contributed by atoms with Crippen LogP contribution in [0.5, 0.6) is 0 Å². The molecule has 1 aromatic heterocycles. The van der Waals surface area contributed by atoms with Crippen molar-refractivity contribution in [2.45, 2.75) is 6.92 Å². The third kappa shape index (κ3) is 3.36. The van der Waals surface area contributed by atoms with Gasteiger partial charge in [-0.3, -0.25) is 9.59 Å². The number of aromatic nitrogens is 1. The molecule has 0 saturated carbocycles. The first-order valence-electron chi connectivity index (χ1n) is 7.16. The molecule has 1 heterocycles. The average molecular weight is 341 g/mol. The molecule has 0 aliphatic heterocycles. The third-order valence-electron chi connectivity index (χ3n) is 3.40. The van der Waals surface area contributed by atoms with Crippen molar-refractivity contribution in [1.29, 1.82) is 0 Å². The number of hydrogen-bond acceptors (Lipinski definition) is 4. The second-order valence-corrected chi connectivity index (χ2v) is 5.57. The van der Waals surface area contributed by atoms with Crippen molar-refractivity contribution in [3.05, 3.63) is 71.2 Å². The minimum absolute atomic E-state index is 0.0767. The largest absolute Gasteiger partial charge is 0.443 e. The highest BCUT2D eigenvalue weighted by molar-refractivity contribution is 6.30. The normalized spacial score (nSPS) is 10.4. The predicted molar refractivity (Wildman–Crippen MR) is 91.3 cm³/mol. The molecule has 1 N–H and O–H groups in total. The molecule has 0 aliphatic carbocycles. The summed E-state index contributed by atoms with van der Waals surface area (Å²) in [6.45, 7) is 1.47. The number of carbonyl (C=O) groups is 2. The van der Waals surface area contributed by atoms with E-state index in [-0.39, 0.29) is 11.5 Å². The fraction of sp³-hybridized carbons (Fsp3) is 0.0556. The van der Waals surface area contributed by atoms with Crippen molar-refractivity contribution >= 4 is 29.0 Å². The standard InChI is InChI=1S/C18H13ClN2O3/c1-11(22)12-4-3-7-15(9-12)21-18(23)16-17(24-10-20-16)13-5-2-6-14(19)8-13/h2-10H,1H3,(H,21,23). The number of nitrogens with one attached hydrogen (secondary N) is 1. The topological polar surface area (TPSA) is 72.2 Å². The Hall–Kier alpha value is -2.92. The first kappa shape index (κ1) is 16.0. The van der Waals surface area contributed by atoms with Crippen LogP contribution in [0.25, 0.3) is 11.3 Å². The Balaban J connectivity index is 1.88. The van der Waals surface area contributed by atoms with Crippen LogP contribution in [-0.2, 0) is 0 Å². The Bertz CT molecular complexity index is 918. The summed E-state index contributed by atoms with van der Waals surface area (Å²) in [5.74, 6) is -0.177. The van der Waals surface area contributed by atoms with E-state index in [9.17, 15) is 9.59 Å². The monoisotopic (exact) mass is 340 g/mol. The molecule has 0 saturated heterocycles. The highest BCUT2D eigenvalue weighted by atomic mass is 35.5. The van der Waals surface area contributed by atoms with Gasteiger partial charge in [0.25, 0.3) is 5.91 Å². The number of nitrogens with zero attached hydrogens (tertiary/aromatic N) is 1. The summed E-state index contributed by atoms with van der Waals surface area (Å²) in [6, 6.07) is 13.7. The number of Topliss-reactive ketones (excluding diaryl/α,β-unsaturated/α-hetero) is 1. The molecule has 0 radical (unpaired) electrons. The van der Waals surface area contributed by atoms with Crippen molar-refractivity contribution in [1.82, 2.24) is 4.98 Å². The maximum atomic E-state index is 12.5. The number of benzene rings is 2. The number of amides is 1. The Labute approximate surface area is 143 Å². The van der Waals surface area contributed by atoms with Crippen LogP contribution in [-0.4, -0.2) is 16.7 Å². The fourth-order valence-corrected chi connectivity index (χ4v) is 2.44. The van der Waals surface area contributed by atoms with Gasteiger partial charge in [-0.15, -0.1) is 0 Å². The van der Waals surface area contributed by atoms with E-state index in [2.05, 4.69) is 10.3 Å². The van der Waals surface area contributed by atoms with Crippen molar-refractivity contribution in [2.75, 3.05) is 5.32 Å². The van der Waals surface area contributed by atoms with E-state index in [0.717, 1.165) is 0 Å². The molecule has 3 aromatic rings. The van der Waals surface area contributed by atoms with Gasteiger partial charge in [0.1, 0.15) is 0 Å². The molecule has 0 fully saturated rings. The molecule has 0 bridgehead atoms. The molecular weight excluding hydrogens is 328 g/mol. The minimum atomic E-state index is -0.431. The van der Waals surface area contributed by atoms with Crippen molar-refractivity contribution in [3.63, 3.8) is 0 Å². The van der Waals surface area contributed by atoms with Crippen molar-refractivity contribution in [3.8, 4) is 11.3 Å². The molecule has 0 atom stereocenters. The zero-order valence-corrected chi connectivity index (χ0v) is 13.5. The first-order valence-corrected chi connectivity index (χ1v) is 7.54. The maximum absolute atomic E-state index is 12.5. The van der Waals surface area contributed by atoms with Crippen LogP contribution in [0.4, 0.5) is 5.69 Å². The van der Waals surface area contributed by atoms with Gasteiger partial charge in [0.05, 0.1) is 0 Å². The van der Waals surface area contributed by atoms with E-state index in [1.54, 1.807) is 48.5 Å². The lowest BCUT2D eigenvalue weighted by atomic mass is 10.1. The molecule has 1 amide bonds. The van der Waals surface area contributed by atoms with E-state index in [0.29, 0.717) is 27.6 Å². The minimum Gasteiger partial charge on any atom is -0.443 e. The molecule has 120 valence electrons. The number of hydrogen-bond donors (Lipinski definition) is 1. The summed E-state index contributed by atoms with van der Waals surface area (Å²) in [4.78, 5) is 27.9. The molecule has 6 heteroatoms. The number of anilines is 1. The van der Waals surface area contributed by atoms with Crippen LogP contribution in [0.15, 0.2) is 59.3 Å². The second-order valence-electron chi connectivity index (χ2n) is 5.13. The van der Waals surface area contributed by atoms with Gasteiger partial charge in [-0.2, -0.15) is 0 Å². The van der Waals surface area contributed by atoms with Crippen molar-refractivity contribution in [2.24, 2.45) is 0 Å². The molecule has 0 unspecified atom stereocenters. The third-order valence-corrected chi connectivity index (χ3v) is 3.63. The molecule has 3 rings (SSSR count). The van der Waals surface area contributed by atoms with E-state index < -0.39 is 5.91 Å². The molecule has 0 spiro atoms. The highest BCUT2D eigenvalue weighted by Gasteiger charge is 2.19. The zero-order chi connectivity index (χ0) is 17.1. The molecule has 0 aliphatic rings. The van der Waals surface area contributed by atoms with Crippen LogP contribution in [0.2, 0.25) is 5.02 Å². The van der Waals surface area contributed by atoms with Crippen LogP contribution >= 0.6 is 11.6 Å². The molecule has 24 heavy (non-hydrogen) atoms. The smallest absolute Gasteiger partial charge is 0.278 e. The van der Waals surface area contributed by atoms with Gasteiger partial charge in [-0.25, -0.2) is 4.98 Å². The summed E-state index contributed by atoms with van der Waals surface area (Å²) in [6.07, 6.45) is 1.21. The van der Waals surface area contributed by atoms with Crippen LogP contribution in [0, 0.1) is 0 Å². The van der Waals surface area contributed by atoms with Gasteiger partial charge in [-0.1, -0.05) is 35.9 Å². The summed E-state index contributed by atoms with van der Waals surface area (Å²) in [5, 5.41) is 3.25. The van der Waals surface area contributed by atoms with E-state index in [1.165, 1.54) is 13.3 Å². The molecular formula is C18H13ClN2O3. The lowest BCUT2D eigenvalue weighted by Gasteiger charge is -2.06. The summed E-state index contributed by atoms with van der Waals surface area (Å²) in [5.41, 5.74) is 1.82. The average Bonchev–Trinajstić information content (AvgIpc) is 3.05. The second kappa shape index (κ2) is 6.68. The Morgan fingerprint density at radius 1 is 1.12 bits per heavy atom. The molecule has 2 aromatic carbocycles. The number of ketones is 1. The van der Waals surface area contributed by atoms with Gasteiger partial charge in [0, 0.05) is 21.8 Å². The first-order chi connectivity index (χ1) is 11.5. The maximum Gasteiger partial charge on any atom is 0.278 e. The summed E-state index contributed by atoms with van der Waals surface area (Å²) in [7, 11) is 0. The zero-order valence-electron chi connectivity index (χ0n) is 12.7.